The van der Waals surface area contributed by atoms with Crippen LogP contribution in [0, 0.1) is 0 Å². The summed E-state index contributed by atoms with van der Waals surface area (Å²) in [5.41, 5.74) is 4.16. The first kappa shape index (κ1) is 15.8. The fraction of sp³-hybridized carbons (Fsp3) is 0.350. The Labute approximate surface area is 148 Å². The van der Waals surface area contributed by atoms with E-state index in [1.165, 1.54) is 16.7 Å². The molecule has 4 rings (SSSR count). The second kappa shape index (κ2) is 7.05. The molecule has 5 heteroatoms. The number of hydrogen-bond acceptors (Lipinski definition) is 3. The summed E-state index contributed by atoms with van der Waals surface area (Å²) in [5, 5.41) is 6.81. The summed E-state index contributed by atoms with van der Waals surface area (Å²) in [6.07, 6.45) is 2.06. The fourth-order valence-corrected chi connectivity index (χ4v) is 3.41. The van der Waals surface area contributed by atoms with Crippen LogP contribution in [0.2, 0.25) is 0 Å². The van der Waals surface area contributed by atoms with E-state index in [9.17, 15) is 0 Å². The lowest BCUT2D eigenvalue weighted by Crippen LogP contribution is -2.41. The summed E-state index contributed by atoms with van der Waals surface area (Å²) in [7, 11) is 1.81. The van der Waals surface area contributed by atoms with Gasteiger partial charge in [0.25, 0.3) is 0 Å². The van der Waals surface area contributed by atoms with E-state index in [2.05, 4.69) is 46.0 Å². The Morgan fingerprint density at radius 1 is 1.12 bits per heavy atom. The summed E-state index contributed by atoms with van der Waals surface area (Å²) >= 11 is 0. The van der Waals surface area contributed by atoms with Crippen LogP contribution in [-0.4, -0.2) is 32.9 Å². The molecule has 0 spiro atoms. The van der Waals surface area contributed by atoms with Crippen molar-refractivity contribution in [1.82, 2.24) is 10.6 Å². The van der Waals surface area contributed by atoms with Crippen LogP contribution < -0.4 is 20.1 Å². The van der Waals surface area contributed by atoms with Gasteiger partial charge in [0.15, 0.2) is 17.5 Å². The molecule has 1 unspecified atom stereocenters. The minimum atomic E-state index is 0.317. The lowest BCUT2D eigenvalue weighted by atomic mass is 9.78. The van der Waals surface area contributed by atoms with Crippen molar-refractivity contribution in [3.63, 3.8) is 0 Å². The van der Waals surface area contributed by atoms with Gasteiger partial charge in [0.2, 0.25) is 6.79 Å². The predicted octanol–water partition coefficient (Wildman–Crippen LogP) is 2.46. The van der Waals surface area contributed by atoms with Gasteiger partial charge in [-0.1, -0.05) is 30.3 Å². The van der Waals surface area contributed by atoms with Crippen molar-refractivity contribution in [2.45, 2.75) is 18.8 Å². The Hall–Kier alpha value is -2.69. The van der Waals surface area contributed by atoms with Crippen molar-refractivity contribution in [2.75, 3.05) is 26.9 Å². The molecule has 2 aromatic carbocycles. The third-order valence-electron chi connectivity index (χ3n) is 4.84. The number of fused-ring (bicyclic) bond motifs is 2. The highest BCUT2D eigenvalue weighted by atomic mass is 16.7. The maximum atomic E-state index is 5.42. The van der Waals surface area contributed by atoms with E-state index in [1.54, 1.807) is 0 Å². The maximum Gasteiger partial charge on any atom is 0.231 e. The molecule has 0 amide bonds. The van der Waals surface area contributed by atoms with Crippen molar-refractivity contribution in [2.24, 2.45) is 4.99 Å². The highest BCUT2D eigenvalue weighted by Crippen LogP contribution is 2.34. The number of nitrogens with zero attached hydrogens (tertiary/aromatic N) is 1. The summed E-state index contributed by atoms with van der Waals surface area (Å²) in [6.45, 7) is 2.05. The maximum absolute atomic E-state index is 5.42. The lowest BCUT2D eigenvalue weighted by molar-refractivity contribution is 0.174. The van der Waals surface area contributed by atoms with Gasteiger partial charge in [0, 0.05) is 26.1 Å². The number of benzene rings is 2. The first-order valence-corrected chi connectivity index (χ1v) is 8.74. The molecule has 130 valence electrons. The quantitative estimate of drug-likeness (QED) is 0.650. The van der Waals surface area contributed by atoms with Crippen molar-refractivity contribution < 1.29 is 9.47 Å². The second-order valence-corrected chi connectivity index (χ2v) is 6.42. The Bertz CT molecular complexity index is 788. The minimum absolute atomic E-state index is 0.317. The Kier molecular flexibility index (Phi) is 4.46. The molecule has 1 aliphatic heterocycles. The van der Waals surface area contributed by atoms with Crippen molar-refractivity contribution in [1.29, 1.82) is 0 Å². The van der Waals surface area contributed by atoms with Gasteiger partial charge in [-0.2, -0.15) is 0 Å². The third kappa shape index (κ3) is 3.40. The number of aliphatic imine (C=N–C) groups is 1. The van der Waals surface area contributed by atoms with Gasteiger partial charge in [-0.25, -0.2) is 0 Å². The topological polar surface area (TPSA) is 54.9 Å². The number of ether oxygens (including phenoxy) is 2. The van der Waals surface area contributed by atoms with E-state index in [0.29, 0.717) is 12.7 Å². The average Bonchev–Trinajstić information content (AvgIpc) is 3.08. The number of rotatable bonds is 5. The normalized spacial score (nSPS) is 17.6. The zero-order valence-corrected chi connectivity index (χ0v) is 14.4. The first-order valence-electron chi connectivity index (χ1n) is 8.74. The molecule has 1 aliphatic carbocycles. The van der Waals surface area contributed by atoms with Crippen LogP contribution >= 0.6 is 0 Å². The monoisotopic (exact) mass is 337 g/mol. The van der Waals surface area contributed by atoms with Crippen LogP contribution in [0.4, 0.5) is 0 Å². The van der Waals surface area contributed by atoms with Gasteiger partial charge >= 0.3 is 0 Å². The zero-order chi connectivity index (χ0) is 17.1. The molecule has 0 radical (unpaired) electrons. The lowest BCUT2D eigenvalue weighted by Gasteiger charge is -2.30. The molecule has 25 heavy (non-hydrogen) atoms. The molecular weight excluding hydrogens is 314 g/mol. The standard InChI is InChI=1S/C20H23N3O2/c1-21-20(23-12-16-11-15-4-2-3-5-17(15)16)22-9-8-14-6-7-18-19(10-14)25-13-24-18/h2-7,10,16H,8-9,11-13H2,1H3,(H2,21,22,23). The molecule has 5 nitrogen and oxygen atoms in total. The largest absolute Gasteiger partial charge is 0.454 e. The number of nitrogens with one attached hydrogen (secondary N) is 2. The molecule has 1 atom stereocenters. The van der Waals surface area contributed by atoms with E-state index in [1.807, 2.05) is 19.2 Å². The average molecular weight is 337 g/mol. The third-order valence-corrected chi connectivity index (χ3v) is 4.84. The van der Waals surface area contributed by atoms with Gasteiger partial charge in [-0.3, -0.25) is 4.99 Å². The van der Waals surface area contributed by atoms with Gasteiger partial charge in [0.05, 0.1) is 0 Å². The van der Waals surface area contributed by atoms with Gasteiger partial charge < -0.3 is 20.1 Å². The van der Waals surface area contributed by atoms with E-state index in [0.717, 1.165) is 43.4 Å². The van der Waals surface area contributed by atoms with Gasteiger partial charge in [-0.15, -0.1) is 0 Å². The summed E-state index contributed by atoms with van der Waals surface area (Å²) in [4.78, 5) is 4.31. The second-order valence-electron chi connectivity index (χ2n) is 6.42. The van der Waals surface area contributed by atoms with Crippen LogP contribution in [0.1, 0.15) is 22.6 Å². The van der Waals surface area contributed by atoms with Crippen LogP contribution in [0.5, 0.6) is 11.5 Å². The molecule has 0 saturated carbocycles. The molecule has 2 N–H and O–H groups in total. The van der Waals surface area contributed by atoms with E-state index < -0.39 is 0 Å². The van der Waals surface area contributed by atoms with Crippen LogP contribution in [0.25, 0.3) is 0 Å². The van der Waals surface area contributed by atoms with Gasteiger partial charge in [0.1, 0.15) is 0 Å². The number of guanidine groups is 1. The van der Waals surface area contributed by atoms with Crippen LogP contribution in [0.3, 0.4) is 0 Å². The van der Waals surface area contributed by atoms with Crippen LogP contribution in [0.15, 0.2) is 47.5 Å². The van der Waals surface area contributed by atoms with Crippen molar-refractivity contribution in [3.8, 4) is 11.5 Å². The zero-order valence-electron chi connectivity index (χ0n) is 14.4. The predicted molar refractivity (Wildman–Crippen MR) is 98.5 cm³/mol. The molecular formula is C20H23N3O2. The summed E-state index contributed by atoms with van der Waals surface area (Å²) < 4.78 is 10.8. The van der Waals surface area contributed by atoms with Gasteiger partial charge in [-0.05, 0) is 41.7 Å². The molecule has 1 heterocycles. The minimum Gasteiger partial charge on any atom is -0.454 e. The first-order chi connectivity index (χ1) is 12.3. The SMILES string of the molecule is CN=C(NCCc1ccc2c(c1)OCO2)NCC1Cc2ccccc21. The Balaban J connectivity index is 1.23. The van der Waals surface area contributed by atoms with Crippen molar-refractivity contribution >= 4 is 5.96 Å². The fourth-order valence-electron chi connectivity index (χ4n) is 3.41. The summed E-state index contributed by atoms with van der Waals surface area (Å²) in [6, 6.07) is 14.8. The van der Waals surface area contributed by atoms with Crippen molar-refractivity contribution in [3.05, 3.63) is 59.2 Å². The molecule has 2 aromatic rings. The van der Waals surface area contributed by atoms with E-state index >= 15 is 0 Å². The number of hydrogen-bond donors (Lipinski definition) is 2. The van der Waals surface area contributed by atoms with Crippen LogP contribution in [-0.2, 0) is 12.8 Å². The Morgan fingerprint density at radius 3 is 2.88 bits per heavy atom. The molecule has 2 aliphatic rings. The molecule has 0 bridgehead atoms. The summed E-state index contributed by atoms with van der Waals surface area (Å²) in [5.74, 6) is 3.10. The molecule has 0 fully saturated rings. The van der Waals surface area contributed by atoms with E-state index in [4.69, 9.17) is 9.47 Å². The van der Waals surface area contributed by atoms with E-state index in [-0.39, 0.29) is 0 Å². The Morgan fingerprint density at radius 2 is 2.00 bits per heavy atom. The highest BCUT2D eigenvalue weighted by molar-refractivity contribution is 5.79. The molecule has 0 aromatic heterocycles. The smallest absolute Gasteiger partial charge is 0.231 e. The highest BCUT2D eigenvalue weighted by Gasteiger charge is 2.25. The molecule has 0 saturated heterocycles.